The highest BCUT2D eigenvalue weighted by Crippen LogP contribution is 2.22. The maximum absolute atomic E-state index is 12.4. The van der Waals surface area contributed by atoms with Crippen LogP contribution >= 0.6 is 11.6 Å². The van der Waals surface area contributed by atoms with Gasteiger partial charge in [0.05, 0.1) is 23.8 Å². The van der Waals surface area contributed by atoms with Crippen molar-refractivity contribution in [2.24, 2.45) is 0 Å². The van der Waals surface area contributed by atoms with Crippen molar-refractivity contribution < 1.29 is 23.9 Å². The number of ether oxygens (including phenoxy) is 2. The fourth-order valence-corrected chi connectivity index (χ4v) is 2.95. The molecule has 1 aromatic heterocycles. The summed E-state index contributed by atoms with van der Waals surface area (Å²) in [5.74, 6) is -1.73. The first-order valence-electron chi connectivity index (χ1n) is 8.85. The first-order chi connectivity index (χ1) is 14.4. The molecule has 3 rings (SSSR count). The highest BCUT2D eigenvalue weighted by atomic mass is 35.5. The summed E-state index contributed by atoms with van der Waals surface area (Å²) >= 11 is 5.89. The molecule has 1 heterocycles. The van der Waals surface area contributed by atoms with Gasteiger partial charge in [0, 0.05) is 16.1 Å². The smallest absolute Gasteiger partial charge is 0.339 e. The van der Waals surface area contributed by atoms with Crippen LogP contribution in [0, 0.1) is 6.92 Å². The average molecular weight is 428 g/mol. The molecular weight excluding hydrogens is 410 g/mol. The average Bonchev–Trinajstić information content (AvgIpc) is 2.75. The predicted octanol–water partition coefficient (Wildman–Crippen LogP) is 2.82. The zero-order valence-corrected chi connectivity index (χ0v) is 16.9. The van der Waals surface area contributed by atoms with Crippen molar-refractivity contribution >= 4 is 40.3 Å². The van der Waals surface area contributed by atoms with Crippen LogP contribution in [0.2, 0.25) is 5.02 Å². The number of aromatic nitrogens is 1. The maximum atomic E-state index is 12.4. The molecule has 2 N–H and O–H groups in total. The number of nitrogens with one attached hydrogen (secondary N) is 2. The van der Waals surface area contributed by atoms with E-state index in [0.717, 1.165) is 0 Å². The summed E-state index contributed by atoms with van der Waals surface area (Å²) in [5.41, 5.74) is 6.14. The monoisotopic (exact) mass is 427 g/mol. The summed E-state index contributed by atoms with van der Waals surface area (Å²) in [6, 6.07) is 13.2. The molecule has 0 aliphatic rings. The van der Waals surface area contributed by atoms with Crippen LogP contribution in [0.5, 0.6) is 5.75 Å². The molecule has 0 bridgehead atoms. The minimum absolute atomic E-state index is 0.140. The summed E-state index contributed by atoms with van der Waals surface area (Å²) in [6.45, 7) is 1.18. The second-order valence-electron chi connectivity index (χ2n) is 6.25. The molecular formula is C21H18ClN3O5. The number of nitrogens with zero attached hydrogens (tertiary/aromatic N) is 1. The Morgan fingerprint density at radius 2 is 1.80 bits per heavy atom. The zero-order chi connectivity index (χ0) is 21.7. The lowest BCUT2D eigenvalue weighted by Crippen LogP contribution is -2.43. The Morgan fingerprint density at radius 1 is 1.03 bits per heavy atom. The van der Waals surface area contributed by atoms with E-state index in [0.29, 0.717) is 27.2 Å². The van der Waals surface area contributed by atoms with Gasteiger partial charge in [0.1, 0.15) is 5.75 Å². The fraction of sp³-hybridized carbons (Fsp3) is 0.143. The van der Waals surface area contributed by atoms with Crippen molar-refractivity contribution in [1.29, 1.82) is 0 Å². The minimum atomic E-state index is -0.715. The molecule has 8 nitrogen and oxygen atoms in total. The van der Waals surface area contributed by atoms with E-state index in [-0.39, 0.29) is 11.3 Å². The third-order valence-corrected chi connectivity index (χ3v) is 4.36. The molecule has 3 aromatic rings. The van der Waals surface area contributed by atoms with Gasteiger partial charge in [-0.05, 0) is 37.3 Å². The molecule has 0 radical (unpaired) electrons. The van der Waals surface area contributed by atoms with Gasteiger partial charge in [-0.25, -0.2) is 4.79 Å². The van der Waals surface area contributed by atoms with Crippen LogP contribution in [0.25, 0.3) is 10.9 Å². The van der Waals surface area contributed by atoms with E-state index < -0.39 is 24.4 Å². The summed E-state index contributed by atoms with van der Waals surface area (Å²) in [7, 11) is 1.41. The summed E-state index contributed by atoms with van der Waals surface area (Å²) in [4.78, 5) is 41.0. The van der Waals surface area contributed by atoms with E-state index in [4.69, 9.17) is 21.1 Å². The number of benzene rings is 2. The van der Waals surface area contributed by atoms with Crippen LogP contribution in [-0.4, -0.2) is 36.5 Å². The number of esters is 1. The Kier molecular flexibility index (Phi) is 6.48. The lowest BCUT2D eigenvalue weighted by molar-refractivity contribution is -0.125. The third kappa shape index (κ3) is 4.84. The number of hydrazine groups is 1. The van der Waals surface area contributed by atoms with Gasteiger partial charge < -0.3 is 9.47 Å². The third-order valence-electron chi connectivity index (χ3n) is 4.12. The number of halogens is 1. The normalized spacial score (nSPS) is 10.4. The Hall–Kier alpha value is -3.65. The number of pyridine rings is 1. The minimum Gasteiger partial charge on any atom is -0.496 e. The SMILES string of the molecule is COc1ccc(Cl)cc1C(=O)NNC(=O)COC(=O)c1cc(C)nc2ccccc12. The van der Waals surface area contributed by atoms with Crippen LogP contribution in [0.15, 0.2) is 48.5 Å². The summed E-state index contributed by atoms with van der Waals surface area (Å²) < 4.78 is 10.2. The van der Waals surface area contributed by atoms with E-state index in [2.05, 4.69) is 15.8 Å². The highest BCUT2D eigenvalue weighted by molar-refractivity contribution is 6.31. The topological polar surface area (TPSA) is 107 Å². The van der Waals surface area contributed by atoms with E-state index in [1.54, 1.807) is 37.3 Å². The molecule has 30 heavy (non-hydrogen) atoms. The van der Waals surface area contributed by atoms with Gasteiger partial charge in [-0.3, -0.25) is 25.4 Å². The summed E-state index contributed by atoms with van der Waals surface area (Å²) in [6.07, 6.45) is 0. The number of methoxy groups -OCH3 is 1. The fourth-order valence-electron chi connectivity index (χ4n) is 2.77. The second kappa shape index (κ2) is 9.23. The highest BCUT2D eigenvalue weighted by Gasteiger charge is 2.17. The maximum Gasteiger partial charge on any atom is 0.339 e. The Morgan fingerprint density at radius 3 is 2.57 bits per heavy atom. The number of hydrogen-bond donors (Lipinski definition) is 2. The van der Waals surface area contributed by atoms with Gasteiger partial charge in [0.25, 0.3) is 11.8 Å². The van der Waals surface area contributed by atoms with Crippen molar-refractivity contribution in [3.05, 3.63) is 70.4 Å². The predicted molar refractivity (Wildman–Crippen MR) is 110 cm³/mol. The Balaban J connectivity index is 1.60. The molecule has 0 atom stereocenters. The van der Waals surface area contributed by atoms with Crippen molar-refractivity contribution in [3.63, 3.8) is 0 Å². The lowest BCUT2D eigenvalue weighted by Gasteiger charge is -2.11. The van der Waals surface area contributed by atoms with Crippen molar-refractivity contribution in [2.75, 3.05) is 13.7 Å². The molecule has 0 aliphatic carbocycles. The number of amides is 2. The standard InChI is InChI=1S/C21H18ClN3O5/c1-12-9-15(14-5-3-4-6-17(14)23-12)21(28)30-11-19(26)24-25-20(27)16-10-13(22)7-8-18(16)29-2/h3-10H,11H2,1-2H3,(H,24,26)(H,25,27). The van der Waals surface area contributed by atoms with E-state index in [1.165, 1.54) is 19.2 Å². The molecule has 9 heteroatoms. The number of aryl methyl sites for hydroxylation is 1. The van der Waals surface area contributed by atoms with Crippen LogP contribution in [0.1, 0.15) is 26.4 Å². The van der Waals surface area contributed by atoms with Crippen LogP contribution in [-0.2, 0) is 9.53 Å². The number of para-hydroxylation sites is 1. The summed E-state index contributed by atoms with van der Waals surface area (Å²) in [5, 5.41) is 0.955. The van der Waals surface area contributed by atoms with E-state index >= 15 is 0 Å². The molecule has 0 saturated heterocycles. The number of fused-ring (bicyclic) bond motifs is 1. The molecule has 0 aliphatic heterocycles. The largest absolute Gasteiger partial charge is 0.496 e. The van der Waals surface area contributed by atoms with E-state index in [1.807, 2.05) is 6.07 Å². The van der Waals surface area contributed by atoms with Gasteiger partial charge in [-0.15, -0.1) is 0 Å². The van der Waals surface area contributed by atoms with E-state index in [9.17, 15) is 14.4 Å². The molecule has 2 amide bonds. The Labute approximate surface area is 177 Å². The van der Waals surface area contributed by atoms with Crippen LogP contribution in [0.3, 0.4) is 0 Å². The van der Waals surface area contributed by atoms with Gasteiger partial charge in [-0.2, -0.15) is 0 Å². The second-order valence-corrected chi connectivity index (χ2v) is 6.69. The molecule has 0 spiro atoms. The number of carbonyl (C=O) groups excluding carboxylic acids is 3. The Bertz CT molecular complexity index is 1130. The zero-order valence-electron chi connectivity index (χ0n) is 16.2. The molecule has 0 fully saturated rings. The molecule has 2 aromatic carbocycles. The number of carbonyl (C=O) groups is 3. The van der Waals surface area contributed by atoms with Crippen molar-refractivity contribution in [1.82, 2.24) is 15.8 Å². The van der Waals surface area contributed by atoms with Gasteiger partial charge in [0.15, 0.2) is 6.61 Å². The number of hydrogen-bond acceptors (Lipinski definition) is 6. The first kappa shape index (κ1) is 21.1. The van der Waals surface area contributed by atoms with Crippen molar-refractivity contribution in [3.8, 4) is 5.75 Å². The molecule has 154 valence electrons. The lowest BCUT2D eigenvalue weighted by atomic mass is 10.1. The quantitative estimate of drug-likeness (QED) is 0.479. The number of rotatable bonds is 5. The van der Waals surface area contributed by atoms with Gasteiger partial charge in [-0.1, -0.05) is 29.8 Å². The van der Waals surface area contributed by atoms with Crippen LogP contribution in [0.4, 0.5) is 0 Å². The van der Waals surface area contributed by atoms with Crippen molar-refractivity contribution in [2.45, 2.75) is 6.92 Å². The van der Waals surface area contributed by atoms with Gasteiger partial charge in [0.2, 0.25) is 0 Å². The molecule has 0 saturated carbocycles. The van der Waals surface area contributed by atoms with Crippen LogP contribution < -0.4 is 15.6 Å². The first-order valence-corrected chi connectivity index (χ1v) is 9.23. The molecule has 0 unspecified atom stereocenters. The van der Waals surface area contributed by atoms with Gasteiger partial charge >= 0.3 is 5.97 Å².